The van der Waals surface area contributed by atoms with E-state index in [0.717, 1.165) is 76.7 Å². The van der Waals surface area contributed by atoms with Crippen LogP contribution in [0, 0.1) is 11.8 Å². The Hall–Kier alpha value is -1.47. The van der Waals surface area contributed by atoms with E-state index >= 15 is 0 Å². The van der Waals surface area contributed by atoms with Gasteiger partial charge in [-0.25, -0.2) is 0 Å². The third-order valence-corrected chi connectivity index (χ3v) is 6.98. The molecule has 3 saturated heterocycles. The monoisotopic (exact) mass is 359 g/mol. The third kappa shape index (κ3) is 3.05. The number of aliphatic hydroxyl groups is 1. The maximum atomic E-state index is 12.5. The van der Waals surface area contributed by atoms with E-state index in [1.165, 1.54) is 0 Å². The molecule has 0 aromatic carbocycles. The molecule has 6 rings (SSSR count). The normalized spacial score (nSPS) is 35.6. The first-order chi connectivity index (χ1) is 12.6. The summed E-state index contributed by atoms with van der Waals surface area (Å²) in [5, 5.41) is 22.4. The lowest BCUT2D eigenvalue weighted by atomic mass is 9.75. The molecule has 142 valence electrons. The highest BCUT2D eigenvalue weighted by Gasteiger charge is 2.44. The molecule has 1 aromatic rings. The summed E-state index contributed by atoms with van der Waals surface area (Å²) in [4.78, 5) is 15.0. The van der Waals surface area contributed by atoms with Crippen LogP contribution in [-0.4, -0.2) is 56.1 Å². The van der Waals surface area contributed by atoms with E-state index in [1.807, 2.05) is 10.9 Å². The summed E-state index contributed by atoms with van der Waals surface area (Å²) >= 11 is 0. The predicted octanol–water partition coefficient (Wildman–Crippen LogP) is 1.03. The molecule has 7 heteroatoms. The number of carbonyl (C=O) groups excluding carboxylic acids is 1. The number of carbonyl (C=O) groups is 1. The van der Waals surface area contributed by atoms with E-state index in [1.54, 1.807) is 0 Å². The highest BCUT2D eigenvalue weighted by atomic mass is 16.3. The summed E-state index contributed by atoms with van der Waals surface area (Å²) in [5.41, 5.74) is -0.0384. The van der Waals surface area contributed by atoms with Gasteiger partial charge in [0.1, 0.15) is 11.3 Å². The van der Waals surface area contributed by atoms with E-state index in [0.29, 0.717) is 18.0 Å². The van der Waals surface area contributed by atoms with Crippen molar-refractivity contribution in [2.24, 2.45) is 11.8 Å². The lowest BCUT2D eigenvalue weighted by molar-refractivity contribution is -0.133. The molecule has 7 nitrogen and oxygen atoms in total. The molecule has 26 heavy (non-hydrogen) atoms. The Morgan fingerprint density at radius 2 is 2.12 bits per heavy atom. The molecule has 2 N–H and O–H groups in total. The first kappa shape index (κ1) is 16.7. The van der Waals surface area contributed by atoms with Gasteiger partial charge in [-0.15, -0.1) is 5.10 Å². The highest BCUT2D eigenvalue weighted by Crippen LogP contribution is 2.39. The molecule has 2 saturated carbocycles. The fourth-order valence-corrected chi connectivity index (χ4v) is 5.19. The number of fused-ring (bicyclic) bond motifs is 3. The molecule has 5 fully saturated rings. The Morgan fingerprint density at radius 1 is 1.31 bits per heavy atom. The van der Waals surface area contributed by atoms with Crippen LogP contribution in [0.4, 0.5) is 0 Å². The zero-order chi connectivity index (χ0) is 17.7. The van der Waals surface area contributed by atoms with Crippen molar-refractivity contribution in [3.05, 3.63) is 11.9 Å². The van der Waals surface area contributed by atoms with Crippen molar-refractivity contribution in [1.82, 2.24) is 25.2 Å². The summed E-state index contributed by atoms with van der Waals surface area (Å²) in [5.74, 6) is 0.920. The SMILES string of the molecule is O=C(NC1CC1)C1CN2CCC1CC2Cn1cc(C2(O)CCCC2)nn1. The van der Waals surface area contributed by atoms with Crippen LogP contribution in [0.15, 0.2) is 6.20 Å². The van der Waals surface area contributed by atoms with Crippen LogP contribution < -0.4 is 5.32 Å². The molecule has 4 heterocycles. The van der Waals surface area contributed by atoms with Gasteiger partial charge in [-0.1, -0.05) is 18.1 Å². The number of piperidine rings is 3. The Balaban J connectivity index is 1.22. The number of nitrogens with one attached hydrogen (secondary N) is 1. The second kappa shape index (κ2) is 6.30. The topological polar surface area (TPSA) is 83.3 Å². The van der Waals surface area contributed by atoms with Gasteiger partial charge in [0.05, 0.1) is 18.7 Å². The number of hydrogen-bond donors (Lipinski definition) is 2. The van der Waals surface area contributed by atoms with E-state index in [9.17, 15) is 9.90 Å². The minimum absolute atomic E-state index is 0.158. The second-order valence-electron chi connectivity index (χ2n) is 8.89. The number of aromatic nitrogens is 3. The molecule has 2 bridgehead atoms. The van der Waals surface area contributed by atoms with Crippen molar-refractivity contribution < 1.29 is 9.90 Å². The van der Waals surface area contributed by atoms with E-state index in [2.05, 4.69) is 20.5 Å². The molecule has 4 atom stereocenters. The molecule has 0 radical (unpaired) electrons. The van der Waals surface area contributed by atoms with Gasteiger partial charge in [0, 0.05) is 18.6 Å². The smallest absolute Gasteiger partial charge is 0.224 e. The van der Waals surface area contributed by atoms with Crippen LogP contribution in [0.3, 0.4) is 0 Å². The molecule has 0 spiro atoms. The van der Waals surface area contributed by atoms with E-state index in [4.69, 9.17) is 0 Å². The van der Waals surface area contributed by atoms with Gasteiger partial charge in [0.25, 0.3) is 0 Å². The van der Waals surface area contributed by atoms with Crippen LogP contribution in [0.1, 0.15) is 57.1 Å². The number of nitrogens with zero attached hydrogens (tertiary/aromatic N) is 4. The van der Waals surface area contributed by atoms with Gasteiger partial charge in [-0.2, -0.15) is 0 Å². The zero-order valence-electron chi connectivity index (χ0n) is 15.3. The lowest BCUT2D eigenvalue weighted by Crippen LogP contribution is -2.58. The molecular formula is C19H29N5O2. The summed E-state index contributed by atoms with van der Waals surface area (Å²) in [6.45, 7) is 2.75. The summed E-state index contributed by atoms with van der Waals surface area (Å²) < 4.78 is 1.90. The second-order valence-corrected chi connectivity index (χ2v) is 8.89. The maximum Gasteiger partial charge on any atom is 0.224 e. The molecule has 5 aliphatic rings. The van der Waals surface area contributed by atoms with Gasteiger partial charge in [0.2, 0.25) is 5.91 Å². The van der Waals surface area contributed by atoms with Gasteiger partial charge in [-0.3, -0.25) is 14.4 Å². The fourth-order valence-electron chi connectivity index (χ4n) is 5.19. The Bertz CT molecular complexity index is 679. The maximum absolute atomic E-state index is 12.5. The van der Waals surface area contributed by atoms with E-state index in [-0.39, 0.29) is 11.8 Å². The van der Waals surface area contributed by atoms with Gasteiger partial charge in [-0.05, 0) is 51.0 Å². The predicted molar refractivity (Wildman–Crippen MR) is 95.1 cm³/mol. The Labute approximate surface area is 154 Å². The first-order valence-electron chi connectivity index (χ1n) is 10.3. The molecule has 1 amide bonds. The Kier molecular flexibility index (Phi) is 4.05. The minimum Gasteiger partial charge on any atom is -0.383 e. The molecule has 3 aliphatic heterocycles. The quantitative estimate of drug-likeness (QED) is 0.820. The largest absolute Gasteiger partial charge is 0.383 e. The summed E-state index contributed by atoms with van der Waals surface area (Å²) in [6, 6.07) is 0.871. The Morgan fingerprint density at radius 3 is 2.81 bits per heavy atom. The standard InChI is InChI=1S/C19H29N5O2/c25-18(20-14-3-4-14)16-11-23-8-5-13(16)9-15(23)10-24-12-17(21-22-24)19(26)6-1-2-7-19/h12-16,26H,1-11H2,(H,20,25). The summed E-state index contributed by atoms with van der Waals surface area (Å²) in [6.07, 6.45) is 10.1. The van der Waals surface area contributed by atoms with Crippen molar-refractivity contribution >= 4 is 5.91 Å². The van der Waals surface area contributed by atoms with Crippen molar-refractivity contribution in [1.29, 1.82) is 0 Å². The molecule has 2 aliphatic carbocycles. The van der Waals surface area contributed by atoms with Gasteiger partial charge < -0.3 is 10.4 Å². The van der Waals surface area contributed by atoms with Crippen LogP contribution >= 0.6 is 0 Å². The van der Waals surface area contributed by atoms with E-state index < -0.39 is 5.60 Å². The van der Waals surface area contributed by atoms with Gasteiger partial charge >= 0.3 is 0 Å². The average Bonchev–Trinajstić information content (AvgIpc) is 3.14. The lowest BCUT2D eigenvalue weighted by Gasteiger charge is -2.49. The minimum atomic E-state index is -0.768. The fraction of sp³-hybridized carbons (Fsp3) is 0.842. The van der Waals surface area contributed by atoms with Gasteiger partial charge in [0.15, 0.2) is 0 Å². The molecule has 1 aromatic heterocycles. The molecular weight excluding hydrogens is 330 g/mol. The summed E-state index contributed by atoms with van der Waals surface area (Å²) in [7, 11) is 0. The number of rotatable bonds is 5. The number of hydrogen-bond acceptors (Lipinski definition) is 5. The highest BCUT2D eigenvalue weighted by molar-refractivity contribution is 5.80. The third-order valence-electron chi connectivity index (χ3n) is 6.98. The average molecular weight is 359 g/mol. The first-order valence-corrected chi connectivity index (χ1v) is 10.3. The zero-order valence-corrected chi connectivity index (χ0v) is 15.3. The van der Waals surface area contributed by atoms with Crippen molar-refractivity contribution in [3.63, 3.8) is 0 Å². The molecule has 4 unspecified atom stereocenters. The van der Waals surface area contributed by atoms with Crippen molar-refractivity contribution in [3.8, 4) is 0 Å². The van der Waals surface area contributed by atoms with Crippen LogP contribution in [0.5, 0.6) is 0 Å². The number of amides is 1. The van der Waals surface area contributed by atoms with Crippen LogP contribution in [0.25, 0.3) is 0 Å². The van der Waals surface area contributed by atoms with Crippen LogP contribution in [0.2, 0.25) is 0 Å². The van der Waals surface area contributed by atoms with Crippen molar-refractivity contribution in [2.45, 2.75) is 75.6 Å². The van der Waals surface area contributed by atoms with Crippen LogP contribution in [-0.2, 0) is 16.9 Å². The van der Waals surface area contributed by atoms with Crippen molar-refractivity contribution in [2.75, 3.05) is 13.1 Å².